The summed E-state index contributed by atoms with van der Waals surface area (Å²) in [5.41, 5.74) is 3.69. The van der Waals surface area contributed by atoms with Gasteiger partial charge in [0, 0.05) is 17.1 Å². The van der Waals surface area contributed by atoms with Gasteiger partial charge in [0.05, 0.1) is 27.3 Å². The number of aromatic nitrogens is 3. The molecule has 0 spiro atoms. The smallest absolute Gasteiger partial charge is 0.266 e. The Balaban J connectivity index is 1.77. The second kappa shape index (κ2) is 7.89. The van der Waals surface area contributed by atoms with Gasteiger partial charge in [0.15, 0.2) is 5.16 Å². The Bertz CT molecular complexity index is 1180. The average Bonchev–Trinajstić information content (AvgIpc) is 3.17. The van der Waals surface area contributed by atoms with E-state index in [-0.39, 0.29) is 5.56 Å². The molecule has 2 aromatic heterocycles. The Labute approximate surface area is 172 Å². The van der Waals surface area contributed by atoms with Crippen LogP contribution in [0.3, 0.4) is 0 Å². The first-order chi connectivity index (χ1) is 13.5. The van der Waals surface area contributed by atoms with Crippen molar-refractivity contribution in [2.24, 2.45) is 0 Å². The lowest BCUT2D eigenvalue weighted by Gasteiger charge is -2.13. The molecule has 142 valence electrons. The van der Waals surface area contributed by atoms with Crippen molar-refractivity contribution in [3.63, 3.8) is 0 Å². The van der Waals surface area contributed by atoms with Gasteiger partial charge in [0.2, 0.25) is 0 Å². The highest BCUT2D eigenvalue weighted by Crippen LogP contribution is 2.27. The summed E-state index contributed by atoms with van der Waals surface area (Å²) >= 11 is 3.24. The molecule has 0 atom stereocenters. The zero-order chi connectivity index (χ0) is 19.7. The molecule has 0 aliphatic carbocycles. The zero-order valence-corrected chi connectivity index (χ0v) is 17.7. The molecule has 4 rings (SSSR count). The Hall–Kier alpha value is -2.44. The summed E-state index contributed by atoms with van der Waals surface area (Å²) in [7, 11) is 0. The van der Waals surface area contributed by atoms with Crippen molar-refractivity contribution in [2.45, 2.75) is 37.6 Å². The number of thiazole rings is 1. The summed E-state index contributed by atoms with van der Waals surface area (Å²) in [5, 5.41) is 4.55. The summed E-state index contributed by atoms with van der Waals surface area (Å²) in [6, 6.07) is 15.5. The highest BCUT2D eigenvalue weighted by atomic mass is 32.2. The van der Waals surface area contributed by atoms with Crippen LogP contribution in [-0.4, -0.2) is 14.5 Å². The van der Waals surface area contributed by atoms with Gasteiger partial charge >= 0.3 is 0 Å². The number of nitrogens with zero attached hydrogens (tertiary/aromatic N) is 3. The summed E-state index contributed by atoms with van der Waals surface area (Å²) in [6.07, 6.45) is 0. The number of para-hydroxylation sites is 1. The van der Waals surface area contributed by atoms with Gasteiger partial charge in [-0.2, -0.15) is 0 Å². The largest absolute Gasteiger partial charge is 0.268 e. The van der Waals surface area contributed by atoms with Crippen LogP contribution < -0.4 is 5.56 Å². The Kier molecular flexibility index (Phi) is 5.33. The molecule has 0 fully saturated rings. The number of rotatable bonds is 5. The minimum Gasteiger partial charge on any atom is -0.268 e. The Morgan fingerprint density at radius 3 is 2.54 bits per heavy atom. The summed E-state index contributed by atoms with van der Waals surface area (Å²) < 4.78 is 1.71. The first-order valence-electron chi connectivity index (χ1n) is 9.19. The molecule has 4 aromatic rings. The molecule has 0 N–H and O–H groups in total. The van der Waals surface area contributed by atoms with E-state index >= 15 is 0 Å². The molecule has 28 heavy (non-hydrogen) atoms. The van der Waals surface area contributed by atoms with Crippen molar-refractivity contribution in [3.05, 3.63) is 80.5 Å². The van der Waals surface area contributed by atoms with Crippen LogP contribution in [-0.2, 0) is 5.75 Å². The van der Waals surface area contributed by atoms with Crippen LogP contribution in [0.4, 0.5) is 0 Å². The molecule has 0 amide bonds. The van der Waals surface area contributed by atoms with Gasteiger partial charge < -0.3 is 0 Å². The van der Waals surface area contributed by atoms with Crippen molar-refractivity contribution >= 4 is 34.0 Å². The van der Waals surface area contributed by atoms with Gasteiger partial charge in [0.1, 0.15) is 0 Å². The highest BCUT2D eigenvalue weighted by molar-refractivity contribution is 7.98. The summed E-state index contributed by atoms with van der Waals surface area (Å²) in [5.74, 6) is 1.10. The minimum atomic E-state index is -0.0434. The predicted octanol–water partition coefficient (Wildman–Crippen LogP) is 5.57. The molecule has 2 heterocycles. The van der Waals surface area contributed by atoms with E-state index in [1.165, 1.54) is 0 Å². The molecule has 0 radical (unpaired) electrons. The molecule has 6 heteroatoms. The predicted molar refractivity (Wildman–Crippen MR) is 118 cm³/mol. The van der Waals surface area contributed by atoms with Gasteiger partial charge in [-0.3, -0.25) is 9.36 Å². The van der Waals surface area contributed by atoms with Crippen molar-refractivity contribution < 1.29 is 0 Å². The molecule has 0 aliphatic rings. The van der Waals surface area contributed by atoms with Gasteiger partial charge in [-0.05, 0) is 31.2 Å². The number of benzene rings is 2. The third-order valence-corrected chi connectivity index (χ3v) is 6.62. The first kappa shape index (κ1) is 18.9. The van der Waals surface area contributed by atoms with E-state index in [9.17, 15) is 4.79 Å². The molecule has 2 aromatic carbocycles. The first-order valence-corrected chi connectivity index (χ1v) is 11.1. The molecule has 0 unspecified atom stereocenters. The van der Waals surface area contributed by atoms with Gasteiger partial charge in [0.25, 0.3) is 5.56 Å². The van der Waals surface area contributed by atoms with E-state index in [2.05, 4.69) is 19.2 Å². The van der Waals surface area contributed by atoms with Crippen LogP contribution in [0.2, 0.25) is 0 Å². The van der Waals surface area contributed by atoms with Crippen LogP contribution in [0.15, 0.2) is 63.9 Å². The number of fused-ring (bicyclic) bond motifs is 1. The van der Waals surface area contributed by atoms with Gasteiger partial charge in [-0.15, -0.1) is 11.3 Å². The van der Waals surface area contributed by atoms with E-state index < -0.39 is 0 Å². The van der Waals surface area contributed by atoms with Gasteiger partial charge in [-0.1, -0.05) is 55.4 Å². The van der Waals surface area contributed by atoms with E-state index in [0.29, 0.717) is 22.2 Å². The van der Waals surface area contributed by atoms with E-state index in [1.807, 2.05) is 55.5 Å². The lowest BCUT2D eigenvalue weighted by Crippen LogP contribution is -2.21. The molecule has 4 nitrogen and oxygen atoms in total. The van der Waals surface area contributed by atoms with Crippen LogP contribution in [0.5, 0.6) is 0 Å². The number of thioether (sulfide) groups is 1. The van der Waals surface area contributed by atoms with E-state index in [0.717, 1.165) is 27.5 Å². The standard InChI is InChI=1S/C22H21N3OS2/c1-14(2)20-23-16(12-27-20)13-28-22-24-19-7-5-4-6-18(19)21(26)25(22)17-10-8-15(3)9-11-17/h4-12,14H,13H2,1-3H3. The number of aryl methyl sites for hydroxylation is 1. The second-order valence-electron chi connectivity index (χ2n) is 7.01. The SMILES string of the molecule is Cc1ccc(-n2c(SCc3csc(C(C)C)n3)nc3ccccc3c2=O)cc1. The maximum atomic E-state index is 13.2. The molecular formula is C22H21N3OS2. The second-order valence-corrected chi connectivity index (χ2v) is 8.84. The monoisotopic (exact) mass is 407 g/mol. The molecule has 0 saturated heterocycles. The van der Waals surface area contributed by atoms with Crippen LogP contribution in [0.25, 0.3) is 16.6 Å². The Morgan fingerprint density at radius 1 is 1.07 bits per heavy atom. The third kappa shape index (κ3) is 3.75. The van der Waals surface area contributed by atoms with Crippen LogP contribution >= 0.6 is 23.1 Å². The van der Waals surface area contributed by atoms with Crippen molar-refractivity contribution in [1.29, 1.82) is 0 Å². The maximum absolute atomic E-state index is 13.2. The minimum absolute atomic E-state index is 0.0434. The number of hydrogen-bond acceptors (Lipinski definition) is 5. The fourth-order valence-electron chi connectivity index (χ4n) is 2.92. The maximum Gasteiger partial charge on any atom is 0.266 e. The summed E-state index contributed by atoms with van der Waals surface area (Å²) in [6.45, 7) is 6.33. The van der Waals surface area contributed by atoms with Crippen molar-refractivity contribution in [3.8, 4) is 5.69 Å². The lowest BCUT2D eigenvalue weighted by atomic mass is 10.2. The average molecular weight is 408 g/mol. The van der Waals surface area contributed by atoms with Crippen molar-refractivity contribution in [2.75, 3.05) is 0 Å². The van der Waals surface area contributed by atoms with Crippen LogP contribution in [0.1, 0.15) is 36.0 Å². The fourth-order valence-corrected chi connectivity index (χ4v) is 4.77. The van der Waals surface area contributed by atoms with Crippen molar-refractivity contribution in [1.82, 2.24) is 14.5 Å². The zero-order valence-electron chi connectivity index (χ0n) is 16.0. The van der Waals surface area contributed by atoms with Gasteiger partial charge in [-0.25, -0.2) is 9.97 Å². The normalized spacial score (nSPS) is 11.4. The molecular weight excluding hydrogens is 386 g/mol. The van der Waals surface area contributed by atoms with Crippen LogP contribution in [0, 0.1) is 6.92 Å². The third-order valence-electron chi connectivity index (χ3n) is 4.45. The quantitative estimate of drug-likeness (QED) is 0.321. The molecule has 0 bridgehead atoms. The van der Waals surface area contributed by atoms with E-state index in [1.54, 1.807) is 27.7 Å². The fraction of sp³-hybridized carbons (Fsp3) is 0.227. The summed E-state index contributed by atoms with van der Waals surface area (Å²) in [4.78, 5) is 22.7. The molecule has 0 saturated carbocycles. The number of hydrogen-bond donors (Lipinski definition) is 0. The molecule has 0 aliphatic heterocycles. The highest BCUT2D eigenvalue weighted by Gasteiger charge is 2.14. The van der Waals surface area contributed by atoms with E-state index in [4.69, 9.17) is 9.97 Å². The lowest BCUT2D eigenvalue weighted by molar-refractivity contribution is 0.818. The Morgan fingerprint density at radius 2 is 1.82 bits per heavy atom. The topological polar surface area (TPSA) is 47.8 Å².